The molecule has 1 heteroatoms. The van der Waals surface area contributed by atoms with E-state index in [1.807, 2.05) is 0 Å². The molecule has 0 amide bonds. The Morgan fingerprint density at radius 1 is 1.44 bits per heavy atom. The molecule has 0 saturated carbocycles. The fourth-order valence-corrected chi connectivity index (χ4v) is 0.571. The van der Waals surface area contributed by atoms with E-state index in [2.05, 4.69) is 26.8 Å². The van der Waals surface area contributed by atoms with Crippen LogP contribution in [0.15, 0.2) is 0 Å². The SMILES string of the molecule is CCC(C)(C)CCC#N. The van der Waals surface area contributed by atoms with Crippen LogP contribution in [0.1, 0.15) is 40.0 Å². The number of rotatable bonds is 3. The third kappa shape index (κ3) is 4.02. The van der Waals surface area contributed by atoms with Crippen LogP contribution in [0.3, 0.4) is 0 Å². The van der Waals surface area contributed by atoms with Gasteiger partial charge in [-0.05, 0) is 11.8 Å². The van der Waals surface area contributed by atoms with Gasteiger partial charge in [0.2, 0.25) is 0 Å². The molecule has 0 aromatic carbocycles. The Bertz CT molecular complexity index is 108. The molecule has 0 unspecified atom stereocenters. The highest BCUT2D eigenvalue weighted by Gasteiger charge is 2.13. The van der Waals surface area contributed by atoms with Crippen LogP contribution in [0.2, 0.25) is 0 Å². The van der Waals surface area contributed by atoms with Crippen LogP contribution in [0.4, 0.5) is 0 Å². The largest absolute Gasteiger partial charge is 0.198 e. The minimum Gasteiger partial charge on any atom is -0.198 e. The molecule has 0 atom stereocenters. The summed E-state index contributed by atoms with van der Waals surface area (Å²) in [5.74, 6) is 0. The zero-order valence-corrected chi connectivity index (χ0v) is 6.57. The Labute approximate surface area is 57.7 Å². The zero-order valence-electron chi connectivity index (χ0n) is 6.57. The van der Waals surface area contributed by atoms with Gasteiger partial charge in [0.25, 0.3) is 0 Å². The fraction of sp³-hybridized carbons (Fsp3) is 0.875. The van der Waals surface area contributed by atoms with Gasteiger partial charge in [-0.1, -0.05) is 27.2 Å². The number of nitrogens with zero attached hydrogens (tertiary/aromatic N) is 1. The second-order valence-electron chi connectivity index (χ2n) is 3.18. The minimum absolute atomic E-state index is 0.371. The van der Waals surface area contributed by atoms with E-state index in [1.54, 1.807) is 0 Å². The van der Waals surface area contributed by atoms with Gasteiger partial charge in [-0.2, -0.15) is 5.26 Å². The Morgan fingerprint density at radius 2 is 2.00 bits per heavy atom. The van der Waals surface area contributed by atoms with E-state index in [0.29, 0.717) is 11.8 Å². The first-order chi connectivity index (χ1) is 4.12. The quantitative estimate of drug-likeness (QED) is 0.569. The molecular formula is C8H15N. The third-order valence-electron chi connectivity index (χ3n) is 1.87. The Kier molecular flexibility index (Phi) is 3.30. The van der Waals surface area contributed by atoms with Crippen molar-refractivity contribution in [1.82, 2.24) is 0 Å². The van der Waals surface area contributed by atoms with E-state index in [4.69, 9.17) is 5.26 Å². The van der Waals surface area contributed by atoms with Crippen LogP contribution in [0, 0.1) is 16.7 Å². The molecule has 0 heterocycles. The maximum absolute atomic E-state index is 8.28. The second kappa shape index (κ2) is 3.50. The summed E-state index contributed by atoms with van der Waals surface area (Å²) in [7, 11) is 0. The van der Waals surface area contributed by atoms with Gasteiger partial charge in [0.1, 0.15) is 0 Å². The van der Waals surface area contributed by atoms with E-state index in [0.717, 1.165) is 12.8 Å². The molecule has 0 aromatic heterocycles. The van der Waals surface area contributed by atoms with Gasteiger partial charge in [0.15, 0.2) is 0 Å². The van der Waals surface area contributed by atoms with Crippen molar-refractivity contribution in [2.45, 2.75) is 40.0 Å². The molecule has 0 saturated heterocycles. The molecule has 0 aliphatic carbocycles. The van der Waals surface area contributed by atoms with Crippen LogP contribution < -0.4 is 0 Å². The van der Waals surface area contributed by atoms with Crippen molar-refractivity contribution >= 4 is 0 Å². The lowest BCUT2D eigenvalue weighted by Crippen LogP contribution is -2.08. The van der Waals surface area contributed by atoms with Crippen LogP contribution in [0.25, 0.3) is 0 Å². The molecular weight excluding hydrogens is 110 g/mol. The molecule has 0 rings (SSSR count). The van der Waals surface area contributed by atoms with Gasteiger partial charge in [0.05, 0.1) is 6.07 Å². The zero-order chi connectivity index (χ0) is 7.33. The summed E-state index contributed by atoms with van der Waals surface area (Å²) >= 11 is 0. The summed E-state index contributed by atoms with van der Waals surface area (Å²) in [6, 6.07) is 2.16. The predicted octanol–water partition coefficient (Wildman–Crippen LogP) is 2.73. The first kappa shape index (κ1) is 8.49. The standard InChI is InChI=1S/C8H15N/c1-4-8(2,3)6-5-7-9/h4-6H2,1-3H3. The molecule has 52 valence electrons. The lowest BCUT2D eigenvalue weighted by molar-refractivity contribution is 0.326. The molecule has 0 aromatic rings. The highest BCUT2D eigenvalue weighted by Crippen LogP contribution is 2.25. The van der Waals surface area contributed by atoms with Crippen LogP contribution >= 0.6 is 0 Å². The fourth-order valence-electron chi connectivity index (χ4n) is 0.571. The lowest BCUT2D eigenvalue weighted by atomic mass is 9.85. The maximum atomic E-state index is 8.28. The smallest absolute Gasteiger partial charge is 0.0621 e. The molecule has 0 radical (unpaired) electrons. The average Bonchev–Trinajstić information content (AvgIpc) is 1.84. The minimum atomic E-state index is 0.371. The highest BCUT2D eigenvalue weighted by molar-refractivity contribution is 4.75. The number of hydrogen-bond acceptors (Lipinski definition) is 1. The Morgan fingerprint density at radius 3 is 2.33 bits per heavy atom. The number of nitriles is 1. The molecule has 0 fully saturated rings. The van der Waals surface area contributed by atoms with Gasteiger partial charge < -0.3 is 0 Å². The van der Waals surface area contributed by atoms with Crippen molar-refractivity contribution in [3.05, 3.63) is 0 Å². The summed E-state index contributed by atoms with van der Waals surface area (Å²) in [6.07, 6.45) is 2.88. The van der Waals surface area contributed by atoms with Crippen LogP contribution in [0.5, 0.6) is 0 Å². The lowest BCUT2D eigenvalue weighted by Gasteiger charge is -2.19. The van der Waals surface area contributed by atoms with Crippen molar-refractivity contribution in [2.75, 3.05) is 0 Å². The van der Waals surface area contributed by atoms with E-state index >= 15 is 0 Å². The van der Waals surface area contributed by atoms with Crippen molar-refractivity contribution in [1.29, 1.82) is 5.26 Å². The van der Waals surface area contributed by atoms with Gasteiger partial charge in [0, 0.05) is 6.42 Å². The topological polar surface area (TPSA) is 23.8 Å². The van der Waals surface area contributed by atoms with Crippen LogP contribution in [-0.4, -0.2) is 0 Å². The summed E-state index contributed by atoms with van der Waals surface area (Å²) in [4.78, 5) is 0. The van der Waals surface area contributed by atoms with Gasteiger partial charge in [-0.15, -0.1) is 0 Å². The first-order valence-electron chi connectivity index (χ1n) is 3.49. The summed E-state index contributed by atoms with van der Waals surface area (Å²) in [5, 5.41) is 8.28. The summed E-state index contributed by atoms with van der Waals surface area (Å²) in [6.45, 7) is 6.56. The molecule has 0 bridgehead atoms. The molecule has 1 nitrogen and oxygen atoms in total. The second-order valence-corrected chi connectivity index (χ2v) is 3.18. The van der Waals surface area contributed by atoms with Gasteiger partial charge in [-0.25, -0.2) is 0 Å². The number of hydrogen-bond donors (Lipinski definition) is 0. The van der Waals surface area contributed by atoms with Crippen molar-refractivity contribution in [2.24, 2.45) is 5.41 Å². The van der Waals surface area contributed by atoms with Crippen molar-refractivity contribution < 1.29 is 0 Å². The van der Waals surface area contributed by atoms with Gasteiger partial charge >= 0.3 is 0 Å². The van der Waals surface area contributed by atoms with E-state index in [9.17, 15) is 0 Å². The monoisotopic (exact) mass is 125 g/mol. The highest BCUT2D eigenvalue weighted by atomic mass is 14.3. The Balaban J connectivity index is 3.48. The molecule has 0 aliphatic heterocycles. The average molecular weight is 125 g/mol. The summed E-state index contributed by atoms with van der Waals surface area (Å²) < 4.78 is 0. The molecule has 9 heavy (non-hydrogen) atoms. The van der Waals surface area contributed by atoms with E-state index in [-0.39, 0.29) is 0 Å². The summed E-state index contributed by atoms with van der Waals surface area (Å²) in [5.41, 5.74) is 0.371. The van der Waals surface area contributed by atoms with Crippen LogP contribution in [-0.2, 0) is 0 Å². The maximum Gasteiger partial charge on any atom is 0.0621 e. The van der Waals surface area contributed by atoms with E-state index in [1.165, 1.54) is 0 Å². The first-order valence-corrected chi connectivity index (χ1v) is 3.49. The van der Waals surface area contributed by atoms with E-state index < -0.39 is 0 Å². The molecule has 0 aliphatic rings. The third-order valence-corrected chi connectivity index (χ3v) is 1.87. The van der Waals surface area contributed by atoms with Crippen molar-refractivity contribution in [3.8, 4) is 6.07 Å². The normalized spacial score (nSPS) is 10.9. The van der Waals surface area contributed by atoms with Crippen molar-refractivity contribution in [3.63, 3.8) is 0 Å². The Hall–Kier alpha value is -0.510. The molecule has 0 N–H and O–H groups in total. The van der Waals surface area contributed by atoms with Gasteiger partial charge in [-0.3, -0.25) is 0 Å². The molecule has 0 spiro atoms. The predicted molar refractivity (Wildman–Crippen MR) is 38.9 cm³/mol.